The molecule has 2 heteroatoms. The molecule has 2 nitrogen and oxygen atoms in total. The summed E-state index contributed by atoms with van der Waals surface area (Å²) in [5.41, 5.74) is 11.0. The molecule has 3 heterocycles. The van der Waals surface area contributed by atoms with Crippen LogP contribution >= 0.6 is 0 Å². The number of benzene rings is 3. The van der Waals surface area contributed by atoms with Crippen molar-refractivity contribution in [1.82, 2.24) is 4.40 Å². The van der Waals surface area contributed by atoms with E-state index in [0.29, 0.717) is 5.92 Å². The molecule has 0 aliphatic rings. The number of nitrogens with zero attached hydrogens (tertiary/aromatic N) is 2. The Labute approximate surface area is 195 Å². The van der Waals surface area contributed by atoms with Crippen LogP contribution in [0.25, 0.3) is 49.0 Å². The monoisotopic (exact) mass is 433 g/mol. The molecule has 3 aromatic carbocycles. The van der Waals surface area contributed by atoms with Gasteiger partial charge in [0.1, 0.15) is 7.05 Å². The van der Waals surface area contributed by atoms with E-state index >= 15 is 0 Å². The highest BCUT2D eigenvalue weighted by Crippen LogP contribution is 2.43. The van der Waals surface area contributed by atoms with E-state index in [9.17, 15) is 0 Å². The number of hydrogen-bond donors (Lipinski definition) is 0. The fraction of sp³-hybridized carbons (Fsp3) is 0.323. The molecule has 0 aliphatic heterocycles. The molecule has 0 atom stereocenters. The molecule has 0 fully saturated rings. The average molecular weight is 434 g/mol. The van der Waals surface area contributed by atoms with Crippen molar-refractivity contribution < 1.29 is 4.57 Å². The normalized spacial score (nSPS) is 13.1. The number of hydrogen-bond acceptors (Lipinski definition) is 0. The lowest BCUT2D eigenvalue weighted by Crippen LogP contribution is -2.29. The van der Waals surface area contributed by atoms with E-state index in [-0.39, 0.29) is 5.41 Å². The van der Waals surface area contributed by atoms with Crippen LogP contribution in [0, 0.1) is 13.8 Å². The first-order valence-corrected chi connectivity index (χ1v) is 12.1. The van der Waals surface area contributed by atoms with E-state index in [1.165, 1.54) is 71.3 Å². The predicted molar refractivity (Wildman–Crippen MR) is 142 cm³/mol. The van der Waals surface area contributed by atoms with Gasteiger partial charge in [-0.25, -0.2) is 4.57 Å². The fourth-order valence-corrected chi connectivity index (χ4v) is 5.73. The number of fused-ring (bicyclic) bond motifs is 5. The summed E-state index contributed by atoms with van der Waals surface area (Å²) in [4.78, 5) is 0. The Morgan fingerprint density at radius 2 is 1.61 bits per heavy atom. The molecule has 0 saturated carbocycles. The van der Waals surface area contributed by atoms with Gasteiger partial charge in [-0.2, -0.15) is 0 Å². The molecule has 0 amide bonds. The Kier molecular flexibility index (Phi) is 4.01. The molecule has 166 valence electrons. The summed E-state index contributed by atoms with van der Waals surface area (Å²) in [6.07, 6.45) is 2.23. The number of pyridine rings is 2. The molecule has 6 aromatic rings. The molecule has 0 spiro atoms. The second-order valence-electron chi connectivity index (χ2n) is 11.3. The van der Waals surface area contributed by atoms with Crippen LogP contribution in [0.5, 0.6) is 0 Å². The van der Waals surface area contributed by atoms with Gasteiger partial charge in [0.2, 0.25) is 5.52 Å². The van der Waals surface area contributed by atoms with Gasteiger partial charge in [0, 0.05) is 16.8 Å². The summed E-state index contributed by atoms with van der Waals surface area (Å²) >= 11 is 0. The lowest BCUT2D eigenvalue weighted by atomic mass is 9.86. The van der Waals surface area contributed by atoms with Crippen molar-refractivity contribution in [1.29, 1.82) is 0 Å². The molecule has 0 saturated heterocycles. The van der Waals surface area contributed by atoms with Gasteiger partial charge in [0.05, 0.1) is 27.3 Å². The minimum absolute atomic E-state index is 0.105. The van der Waals surface area contributed by atoms with Crippen molar-refractivity contribution in [3.8, 4) is 0 Å². The highest BCUT2D eigenvalue weighted by molar-refractivity contribution is 6.26. The Hall–Kier alpha value is -3.13. The smallest absolute Gasteiger partial charge is 0.224 e. The third-order valence-electron chi connectivity index (χ3n) is 7.82. The first-order valence-electron chi connectivity index (χ1n) is 12.1. The highest BCUT2D eigenvalue weighted by atomic mass is 15.0. The SMILES string of the molecule is Cc1cc2c3ccc(C(C)(C)C)cc3n3c4cc(C(C)C)cc5cc[n+](C)c(c(c1C)c23)c54. The largest absolute Gasteiger partial charge is 0.307 e. The van der Waals surface area contributed by atoms with Crippen molar-refractivity contribution >= 4 is 49.0 Å². The van der Waals surface area contributed by atoms with E-state index in [2.05, 4.69) is 113 Å². The van der Waals surface area contributed by atoms with Gasteiger partial charge >= 0.3 is 0 Å². The lowest BCUT2D eigenvalue weighted by Gasteiger charge is -2.19. The highest BCUT2D eigenvalue weighted by Gasteiger charge is 2.26. The Balaban J connectivity index is 2.03. The molecular formula is C31H33N2+. The lowest BCUT2D eigenvalue weighted by molar-refractivity contribution is -0.643. The number of aromatic nitrogens is 2. The van der Waals surface area contributed by atoms with E-state index in [4.69, 9.17) is 0 Å². The first kappa shape index (κ1) is 20.5. The zero-order valence-corrected chi connectivity index (χ0v) is 21.1. The van der Waals surface area contributed by atoms with Crippen LogP contribution in [-0.2, 0) is 12.5 Å². The summed E-state index contributed by atoms with van der Waals surface area (Å²) < 4.78 is 4.90. The minimum atomic E-state index is 0.105. The molecule has 0 unspecified atom stereocenters. The van der Waals surface area contributed by atoms with Crippen molar-refractivity contribution in [2.75, 3.05) is 0 Å². The van der Waals surface area contributed by atoms with E-state index in [1.807, 2.05) is 0 Å². The summed E-state index contributed by atoms with van der Waals surface area (Å²) in [7, 11) is 2.19. The van der Waals surface area contributed by atoms with Crippen LogP contribution in [0.1, 0.15) is 62.8 Å². The van der Waals surface area contributed by atoms with Gasteiger partial charge in [-0.05, 0) is 71.0 Å². The van der Waals surface area contributed by atoms with Crippen molar-refractivity contribution in [3.63, 3.8) is 0 Å². The predicted octanol–water partition coefficient (Wildman–Crippen LogP) is 7.85. The van der Waals surface area contributed by atoms with E-state index in [1.54, 1.807) is 0 Å². The Morgan fingerprint density at radius 3 is 2.30 bits per heavy atom. The quantitative estimate of drug-likeness (QED) is 0.142. The molecule has 0 radical (unpaired) electrons. The summed E-state index contributed by atoms with van der Waals surface area (Å²) in [5, 5.41) is 6.79. The first-order chi connectivity index (χ1) is 15.6. The molecule has 0 N–H and O–H groups in total. The number of rotatable bonds is 1. The summed E-state index contributed by atoms with van der Waals surface area (Å²) in [5.74, 6) is 0.478. The second kappa shape index (κ2) is 6.47. The van der Waals surface area contributed by atoms with Crippen LogP contribution in [0.3, 0.4) is 0 Å². The Morgan fingerprint density at radius 1 is 0.848 bits per heavy atom. The van der Waals surface area contributed by atoms with Crippen LogP contribution in [0.4, 0.5) is 0 Å². The molecule has 6 rings (SSSR count). The molecular weight excluding hydrogens is 400 g/mol. The van der Waals surface area contributed by atoms with Gasteiger partial charge in [-0.1, -0.05) is 52.8 Å². The van der Waals surface area contributed by atoms with Crippen molar-refractivity contribution in [2.45, 2.75) is 59.8 Å². The van der Waals surface area contributed by atoms with Gasteiger partial charge in [0.15, 0.2) is 6.20 Å². The maximum atomic E-state index is 2.57. The standard InChI is InChI=1S/C31H33N2/c1-17(2)21-14-20-11-12-32(8)30-27-19(4)18(3)13-24-23-10-9-22(31(5,6)7)16-25(23)33(29(24)27)26(15-21)28(20)30/h9-17H,1-8H3/q+1. The molecule has 0 aliphatic carbocycles. The third kappa shape index (κ3) is 2.64. The average Bonchev–Trinajstić information content (AvgIpc) is 3.08. The van der Waals surface area contributed by atoms with Crippen LogP contribution in [0.15, 0.2) is 48.7 Å². The molecule has 3 aromatic heterocycles. The number of aryl methyl sites for hydroxylation is 3. The van der Waals surface area contributed by atoms with Gasteiger partial charge in [-0.15, -0.1) is 0 Å². The maximum Gasteiger partial charge on any atom is 0.224 e. The minimum Gasteiger partial charge on any atom is -0.307 e. The topological polar surface area (TPSA) is 8.29 Å². The summed E-state index contributed by atoms with van der Waals surface area (Å²) in [6, 6.07) is 16.6. The Bertz CT molecular complexity index is 1740. The van der Waals surface area contributed by atoms with E-state index in [0.717, 1.165) is 0 Å². The molecule has 33 heavy (non-hydrogen) atoms. The zero-order chi connectivity index (χ0) is 23.4. The van der Waals surface area contributed by atoms with Gasteiger partial charge in [0.25, 0.3) is 0 Å². The summed E-state index contributed by atoms with van der Waals surface area (Å²) in [6.45, 7) is 16.1. The zero-order valence-electron chi connectivity index (χ0n) is 21.1. The maximum absolute atomic E-state index is 2.57. The second-order valence-corrected chi connectivity index (χ2v) is 11.3. The fourth-order valence-electron chi connectivity index (χ4n) is 5.73. The third-order valence-corrected chi connectivity index (χ3v) is 7.82. The van der Waals surface area contributed by atoms with Crippen molar-refractivity contribution in [3.05, 3.63) is 70.9 Å². The van der Waals surface area contributed by atoms with Crippen molar-refractivity contribution in [2.24, 2.45) is 7.05 Å². The molecule has 0 bridgehead atoms. The van der Waals surface area contributed by atoms with Gasteiger partial charge in [-0.3, -0.25) is 0 Å². The van der Waals surface area contributed by atoms with Crippen LogP contribution < -0.4 is 4.57 Å². The van der Waals surface area contributed by atoms with E-state index < -0.39 is 0 Å². The van der Waals surface area contributed by atoms with Gasteiger partial charge < -0.3 is 4.40 Å². The van der Waals surface area contributed by atoms with Crippen LogP contribution in [0.2, 0.25) is 0 Å². The van der Waals surface area contributed by atoms with Crippen LogP contribution in [-0.4, -0.2) is 4.40 Å².